The zero-order valence-electron chi connectivity index (χ0n) is 11.1. The van der Waals surface area contributed by atoms with Crippen LogP contribution in [0.2, 0.25) is 0 Å². The van der Waals surface area contributed by atoms with Crippen LogP contribution in [0.5, 0.6) is 0 Å². The van der Waals surface area contributed by atoms with Crippen molar-refractivity contribution in [1.82, 2.24) is 4.72 Å². The predicted molar refractivity (Wildman–Crippen MR) is 77.1 cm³/mol. The molecule has 3 N–H and O–H groups in total. The summed E-state index contributed by atoms with van der Waals surface area (Å²) in [7, 11) is -3.50. The van der Waals surface area contributed by atoms with E-state index in [0.717, 1.165) is 19.3 Å². The Balaban J connectivity index is 2.88. The van der Waals surface area contributed by atoms with Crippen LogP contribution in [-0.4, -0.2) is 21.5 Å². The molecule has 0 aliphatic rings. The standard InChI is InChI=1S/C14H20N2O2S/c1-2-3-6-12-16-19(17,18)14-10-5-4-8-13(14)9-7-11-15/h4-5,8,10,16H,2-3,6,11-12,15H2,1H3. The number of hydrogen-bond acceptors (Lipinski definition) is 3. The van der Waals surface area contributed by atoms with Gasteiger partial charge in [-0.05, 0) is 18.6 Å². The third kappa shape index (κ3) is 5.03. The van der Waals surface area contributed by atoms with E-state index < -0.39 is 10.0 Å². The van der Waals surface area contributed by atoms with E-state index in [4.69, 9.17) is 5.73 Å². The van der Waals surface area contributed by atoms with Crippen molar-refractivity contribution in [3.05, 3.63) is 29.8 Å². The fourth-order valence-electron chi connectivity index (χ4n) is 1.61. The summed E-state index contributed by atoms with van der Waals surface area (Å²) in [5.74, 6) is 5.47. The van der Waals surface area contributed by atoms with Crippen LogP contribution in [0.1, 0.15) is 31.7 Å². The van der Waals surface area contributed by atoms with E-state index in [-0.39, 0.29) is 11.4 Å². The minimum Gasteiger partial charge on any atom is -0.320 e. The van der Waals surface area contributed by atoms with Crippen LogP contribution in [0.3, 0.4) is 0 Å². The molecule has 0 radical (unpaired) electrons. The first-order valence-electron chi connectivity index (χ1n) is 6.39. The maximum atomic E-state index is 12.2. The third-order valence-corrected chi connectivity index (χ3v) is 4.09. The van der Waals surface area contributed by atoms with Crippen LogP contribution in [0.25, 0.3) is 0 Å². The molecule has 0 unspecified atom stereocenters. The van der Waals surface area contributed by atoms with Gasteiger partial charge in [0.15, 0.2) is 0 Å². The zero-order chi connectivity index (χ0) is 14.1. The minimum atomic E-state index is -3.50. The molecule has 0 saturated carbocycles. The Kier molecular flexibility index (Phi) is 6.57. The summed E-state index contributed by atoms with van der Waals surface area (Å²) < 4.78 is 26.9. The van der Waals surface area contributed by atoms with E-state index in [2.05, 4.69) is 23.5 Å². The normalized spacial score (nSPS) is 10.8. The number of rotatable bonds is 6. The van der Waals surface area contributed by atoms with Crippen molar-refractivity contribution in [2.45, 2.75) is 31.1 Å². The van der Waals surface area contributed by atoms with E-state index in [1.165, 1.54) is 0 Å². The van der Waals surface area contributed by atoms with E-state index in [1.807, 2.05) is 0 Å². The van der Waals surface area contributed by atoms with Crippen LogP contribution < -0.4 is 10.5 Å². The molecule has 0 heterocycles. The summed E-state index contributed by atoms with van der Waals surface area (Å²) >= 11 is 0. The fourth-order valence-corrected chi connectivity index (χ4v) is 2.84. The first kappa shape index (κ1) is 15.7. The molecule has 0 fully saturated rings. The maximum absolute atomic E-state index is 12.2. The monoisotopic (exact) mass is 280 g/mol. The molecule has 0 aliphatic carbocycles. The summed E-state index contributed by atoms with van der Waals surface area (Å²) in [4.78, 5) is 0.215. The predicted octanol–water partition coefficient (Wildman–Crippen LogP) is 1.47. The van der Waals surface area contributed by atoms with Crippen molar-refractivity contribution < 1.29 is 8.42 Å². The van der Waals surface area contributed by atoms with E-state index in [1.54, 1.807) is 24.3 Å². The zero-order valence-corrected chi connectivity index (χ0v) is 12.0. The van der Waals surface area contributed by atoms with Crippen molar-refractivity contribution in [3.8, 4) is 11.8 Å². The molecule has 0 spiro atoms. The van der Waals surface area contributed by atoms with Crippen molar-refractivity contribution in [3.63, 3.8) is 0 Å². The molecule has 0 saturated heterocycles. The molecule has 1 aromatic rings. The lowest BCUT2D eigenvalue weighted by atomic mass is 10.2. The Hall–Kier alpha value is -1.35. The molecule has 4 nitrogen and oxygen atoms in total. The lowest BCUT2D eigenvalue weighted by Crippen LogP contribution is -2.25. The average molecular weight is 280 g/mol. The van der Waals surface area contributed by atoms with Crippen molar-refractivity contribution in [2.24, 2.45) is 5.73 Å². The average Bonchev–Trinajstić information content (AvgIpc) is 2.41. The highest BCUT2D eigenvalue weighted by atomic mass is 32.2. The van der Waals surface area contributed by atoms with Gasteiger partial charge in [-0.3, -0.25) is 0 Å². The van der Waals surface area contributed by atoms with Crippen molar-refractivity contribution >= 4 is 10.0 Å². The van der Waals surface area contributed by atoms with Gasteiger partial charge in [0.1, 0.15) is 0 Å². The van der Waals surface area contributed by atoms with Crippen LogP contribution >= 0.6 is 0 Å². The van der Waals surface area contributed by atoms with Crippen LogP contribution in [0.4, 0.5) is 0 Å². The summed E-state index contributed by atoms with van der Waals surface area (Å²) in [5, 5.41) is 0. The summed E-state index contributed by atoms with van der Waals surface area (Å²) in [5.41, 5.74) is 5.79. The van der Waals surface area contributed by atoms with Gasteiger partial charge in [-0.2, -0.15) is 0 Å². The van der Waals surface area contributed by atoms with E-state index in [0.29, 0.717) is 12.1 Å². The van der Waals surface area contributed by atoms with Crippen LogP contribution in [-0.2, 0) is 10.0 Å². The summed E-state index contributed by atoms with van der Waals surface area (Å²) in [6, 6.07) is 6.69. The first-order chi connectivity index (χ1) is 9.11. The Morgan fingerprint density at radius 1 is 1.26 bits per heavy atom. The second kappa shape index (κ2) is 7.95. The van der Waals surface area contributed by atoms with Gasteiger partial charge < -0.3 is 5.73 Å². The molecule has 0 aromatic heterocycles. The highest BCUT2D eigenvalue weighted by Gasteiger charge is 2.16. The van der Waals surface area contributed by atoms with Gasteiger partial charge >= 0.3 is 0 Å². The number of hydrogen-bond donors (Lipinski definition) is 2. The van der Waals surface area contributed by atoms with Gasteiger partial charge in [-0.1, -0.05) is 43.7 Å². The first-order valence-corrected chi connectivity index (χ1v) is 7.87. The Labute approximate surface area is 115 Å². The maximum Gasteiger partial charge on any atom is 0.241 e. The largest absolute Gasteiger partial charge is 0.320 e. The van der Waals surface area contributed by atoms with Gasteiger partial charge in [0.25, 0.3) is 0 Å². The van der Waals surface area contributed by atoms with Gasteiger partial charge in [0.2, 0.25) is 10.0 Å². The Morgan fingerprint density at radius 2 is 2.00 bits per heavy atom. The number of unbranched alkanes of at least 4 members (excludes halogenated alkanes) is 2. The van der Waals surface area contributed by atoms with Crippen molar-refractivity contribution in [1.29, 1.82) is 0 Å². The van der Waals surface area contributed by atoms with Gasteiger partial charge in [0.05, 0.1) is 11.4 Å². The SMILES string of the molecule is CCCCCNS(=O)(=O)c1ccccc1C#CCN. The van der Waals surface area contributed by atoms with Gasteiger partial charge in [-0.25, -0.2) is 13.1 Å². The lowest BCUT2D eigenvalue weighted by molar-refractivity contribution is 0.576. The van der Waals surface area contributed by atoms with Crippen molar-refractivity contribution in [2.75, 3.05) is 13.1 Å². The molecule has 0 atom stereocenters. The third-order valence-electron chi connectivity index (χ3n) is 2.57. The minimum absolute atomic E-state index is 0.207. The number of benzene rings is 1. The smallest absolute Gasteiger partial charge is 0.241 e. The number of sulfonamides is 1. The second-order valence-corrected chi connectivity index (χ2v) is 5.84. The summed E-state index contributed by atoms with van der Waals surface area (Å²) in [6.45, 7) is 2.74. The van der Waals surface area contributed by atoms with E-state index in [9.17, 15) is 8.42 Å². The second-order valence-electron chi connectivity index (χ2n) is 4.11. The highest BCUT2D eigenvalue weighted by Crippen LogP contribution is 2.14. The summed E-state index contributed by atoms with van der Waals surface area (Å²) in [6.07, 6.45) is 2.91. The van der Waals surface area contributed by atoms with Crippen LogP contribution in [0, 0.1) is 11.8 Å². The highest BCUT2D eigenvalue weighted by molar-refractivity contribution is 7.89. The molecule has 1 aromatic carbocycles. The molecular weight excluding hydrogens is 260 g/mol. The molecule has 1 rings (SSSR count). The Bertz CT molecular complexity index is 556. The van der Waals surface area contributed by atoms with Gasteiger partial charge in [-0.15, -0.1) is 0 Å². The quantitative estimate of drug-likeness (QED) is 0.612. The van der Waals surface area contributed by atoms with Crippen LogP contribution in [0.15, 0.2) is 29.2 Å². The Morgan fingerprint density at radius 3 is 2.68 bits per heavy atom. The fraction of sp³-hybridized carbons (Fsp3) is 0.429. The van der Waals surface area contributed by atoms with E-state index >= 15 is 0 Å². The molecular formula is C14H20N2O2S. The molecule has 19 heavy (non-hydrogen) atoms. The molecule has 0 aliphatic heterocycles. The molecule has 0 bridgehead atoms. The number of nitrogens with two attached hydrogens (primary N) is 1. The topological polar surface area (TPSA) is 72.2 Å². The lowest BCUT2D eigenvalue weighted by Gasteiger charge is -2.08. The number of nitrogens with one attached hydrogen (secondary N) is 1. The molecule has 5 heteroatoms. The molecule has 0 amide bonds. The molecule has 104 valence electrons. The van der Waals surface area contributed by atoms with Gasteiger partial charge in [0, 0.05) is 12.1 Å².